The molecule has 0 aliphatic carbocycles. The van der Waals surface area contributed by atoms with Crippen molar-refractivity contribution in [3.63, 3.8) is 0 Å². The molecule has 0 amide bonds. The summed E-state index contributed by atoms with van der Waals surface area (Å²) in [5, 5.41) is 11.1. The molecule has 0 spiro atoms. The zero-order valence-corrected chi connectivity index (χ0v) is 19.4. The lowest BCUT2D eigenvalue weighted by molar-refractivity contribution is -1.92. The highest BCUT2D eigenvalue weighted by Gasteiger charge is 2.18. The summed E-state index contributed by atoms with van der Waals surface area (Å²) in [6.45, 7) is 5.98. The minimum Gasteiger partial charge on any atom is -0.497 e. The average Bonchev–Trinajstić information content (AvgIpc) is 2.72. The SMILES string of the molecule is COc1ccc(-c2cc(=NC(CC(C)C)C(=O)O)c3cc(C)ccc3o2)cc1.[O-][Cl+3]([O-])([O-])O. The van der Waals surface area contributed by atoms with Crippen LogP contribution < -0.4 is 24.1 Å². The number of aliphatic carboxylic acids is 1. The Morgan fingerprint density at radius 2 is 1.73 bits per heavy atom. The number of hydrogen-bond donors (Lipinski definition) is 2. The van der Waals surface area contributed by atoms with Gasteiger partial charge in [0.15, 0.2) is 0 Å². The van der Waals surface area contributed by atoms with Crippen LogP contribution in [0.5, 0.6) is 5.75 Å². The van der Waals surface area contributed by atoms with Gasteiger partial charge in [-0.1, -0.05) is 25.5 Å². The van der Waals surface area contributed by atoms with Crippen molar-refractivity contribution in [3.8, 4) is 17.1 Å². The number of rotatable bonds is 6. The number of benzene rings is 2. The first-order valence-corrected chi connectivity index (χ1v) is 11.2. The largest absolute Gasteiger partial charge is 0.497 e. The fraction of sp³-hybridized carbons (Fsp3) is 0.304. The van der Waals surface area contributed by atoms with Crippen molar-refractivity contribution in [2.45, 2.75) is 33.2 Å². The molecule has 0 aliphatic rings. The summed E-state index contributed by atoms with van der Waals surface area (Å²) in [5.74, 6) is 0.702. The standard InChI is InChI=1S/C23H25NO4.ClHO4/c1-14(2)11-20(23(25)26)24-19-13-22(16-6-8-17(27-4)9-7-16)28-21-10-5-15(3)12-18(19)21;2-1(3,4)5/h5-10,12-14,20H,11H2,1-4H3,(H,25,26);(H,2,3,4,5). The molecule has 33 heavy (non-hydrogen) atoms. The number of hydrogen-bond acceptors (Lipinski definition) is 8. The molecular weight excluding hydrogens is 454 g/mol. The summed E-state index contributed by atoms with van der Waals surface area (Å²) in [6, 6.07) is 14.4. The quantitative estimate of drug-likeness (QED) is 0.521. The van der Waals surface area contributed by atoms with Crippen LogP contribution in [0.4, 0.5) is 0 Å². The average molecular weight is 480 g/mol. The first-order valence-electron chi connectivity index (χ1n) is 9.96. The van der Waals surface area contributed by atoms with Crippen molar-refractivity contribution < 1.29 is 47.9 Å². The summed E-state index contributed by atoms with van der Waals surface area (Å²) < 4.78 is 44.0. The summed E-state index contributed by atoms with van der Waals surface area (Å²) in [4.78, 5) is 16.3. The number of methoxy groups -OCH3 is 1. The Hall–Kier alpha value is -2.95. The normalized spacial score (nSPS) is 12.9. The second kappa shape index (κ2) is 11.3. The van der Waals surface area contributed by atoms with Crippen molar-refractivity contribution in [2.75, 3.05) is 7.11 Å². The van der Waals surface area contributed by atoms with Gasteiger partial charge in [-0.25, -0.2) is 4.79 Å². The third kappa shape index (κ3) is 8.49. The third-order valence-electron chi connectivity index (χ3n) is 4.55. The fourth-order valence-corrected chi connectivity index (χ4v) is 3.11. The Kier molecular flexibility index (Phi) is 8.98. The van der Waals surface area contributed by atoms with Crippen molar-refractivity contribution in [1.82, 2.24) is 0 Å². The molecule has 1 heterocycles. The first-order chi connectivity index (χ1) is 15.4. The zero-order valence-electron chi connectivity index (χ0n) is 18.6. The number of fused-ring (bicyclic) bond motifs is 1. The Morgan fingerprint density at radius 3 is 2.24 bits per heavy atom. The van der Waals surface area contributed by atoms with Gasteiger partial charge < -0.3 is 14.3 Å². The Balaban J connectivity index is 0.000000696. The number of ether oxygens (including phenoxy) is 1. The molecule has 0 aliphatic heterocycles. The van der Waals surface area contributed by atoms with Gasteiger partial charge in [-0.2, -0.15) is 14.0 Å². The van der Waals surface area contributed by atoms with Crippen molar-refractivity contribution in [1.29, 1.82) is 0 Å². The van der Waals surface area contributed by atoms with E-state index < -0.39 is 22.3 Å². The highest BCUT2D eigenvalue weighted by atomic mass is 35.7. The molecule has 0 saturated carbocycles. The lowest BCUT2D eigenvalue weighted by Gasteiger charge is -2.11. The number of carboxylic acids is 1. The monoisotopic (exact) mass is 479 g/mol. The summed E-state index contributed by atoms with van der Waals surface area (Å²) in [6.07, 6.45) is 0.479. The maximum absolute atomic E-state index is 11.7. The second-order valence-electron chi connectivity index (χ2n) is 7.73. The van der Waals surface area contributed by atoms with E-state index in [0.717, 1.165) is 22.3 Å². The smallest absolute Gasteiger partial charge is 0.328 e. The predicted octanol–water partition coefficient (Wildman–Crippen LogP) is 0.693. The first kappa shape index (κ1) is 26.3. The number of carboxylic acid groups (broad SMARTS) is 1. The van der Waals surface area contributed by atoms with Gasteiger partial charge in [0.25, 0.3) is 0 Å². The van der Waals surface area contributed by atoms with E-state index in [-0.39, 0.29) is 5.92 Å². The van der Waals surface area contributed by atoms with Crippen molar-refractivity contribution in [3.05, 3.63) is 59.5 Å². The number of nitrogens with zero attached hydrogens (tertiary/aromatic N) is 1. The van der Waals surface area contributed by atoms with Crippen LogP contribution in [0.25, 0.3) is 22.3 Å². The minimum atomic E-state index is -4.69. The fourth-order valence-electron chi connectivity index (χ4n) is 3.11. The topological polar surface area (TPSA) is 161 Å². The zero-order chi connectivity index (χ0) is 24.8. The van der Waals surface area contributed by atoms with Crippen LogP contribution >= 0.6 is 0 Å². The molecule has 0 radical (unpaired) electrons. The molecule has 3 rings (SSSR count). The van der Waals surface area contributed by atoms with Crippen LogP contribution in [-0.2, 0) is 4.79 Å². The molecule has 178 valence electrons. The molecule has 2 N–H and O–H groups in total. The number of halogens is 1. The molecule has 0 bridgehead atoms. The van der Waals surface area contributed by atoms with Gasteiger partial charge in [-0.05, 0) is 55.7 Å². The molecule has 1 atom stereocenters. The van der Waals surface area contributed by atoms with Gasteiger partial charge in [0, 0.05) is 17.0 Å². The molecule has 1 unspecified atom stereocenters. The molecular formula is C23H26ClNO8. The Labute approximate surface area is 193 Å². The Bertz CT molecular complexity index is 1140. The second-order valence-corrected chi connectivity index (χ2v) is 8.52. The van der Waals surface area contributed by atoms with Gasteiger partial charge in [-0.3, -0.25) is 4.99 Å². The van der Waals surface area contributed by atoms with Crippen LogP contribution in [0.2, 0.25) is 0 Å². The minimum absolute atomic E-state index is 0.229. The van der Waals surface area contributed by atoms with E-state index in [0.29, 0.717) is 23.1 Å². The van der Waals surface area contributed by atoms with Gasteiger partial charge in [0.05, 0.1) is 27.4 Å². The van der Waals surface area contributed by atoms with E-state index in [1.807, 2.05) is 69.3 Å². The van der Waals surface area contributed by atoms with Gasteiger partial charge in [0.2, 0.25) is 0 Å². The molecule has 9 nitrogen and oxygen atoms in total. The number of aryl methyl sites for hydroxylation is 1. The molecule has 2 aromatic carbocycles. The molecule has 3 aromatic rings. The molecule has 1 aromatic heterocycles. The highest BCUT2D eigenvalue weighted by molar-refractivity contribution is 5.80. The van der Waals surface area contributed by atoms with Crippen LogP contribution in [0.1, 0.15) is 25.8 Å². The maximum Gasteiger partial charge on any atom is 0.328 e. The van der Waals surface area contributed by atoms with Gasteiger partial charge in [0.1, 0.15) is 23.1 Å². The lowest BCUT2D eigenvalue weighted by Crippen LogP contribution is -2.58. The maximum atomic E-state index is 11.7. The summed E-state index contributed by atoms with van der Waals surface area (Å²) in [5.41, 5.74) is 2.61. The Morgan fingerprint density at radius 1 is 1.12 bits per heavy atom. The third-order valence-corrected chi connectivity index (χ3v) is 4.55. The number of carbonyl (C=O) groups is 1. The predicted molar refractivity (Wildman–Crippen MR) is 112 cm³/mol. The summed E-state index contributed by atoms with van der Waals surface area (Å²) in [7, 11) is -3.07. The molecule has 10 heteroatoms. The van der Waals surface area contributed by atoms with E-state index in [9.17, 15) is 9.90 Å². The molecule has 0 fully saturated rings. The van der Waals surface area contributed by atoms with E-state index in [2.05, 4.69) is 4.99 Å². The molecule has 0 saturated heterocycles. The van der Waals surface area contributed by atoms with E-state index in [4.69, 9.17) is 27.8 Å². The van der Waals surface area contributed by atoms with E-state index >= 15 is 0 Å². The highest BCUT2D eigenvalue weighted by Crippen LogP contribution is 2.25. The van der Waals surface area contributed by atoms with Crippen molar-refractivity contribution in [2.24, 2.45) is 10.9 Å². The van der Waals surface area contributed by atoms with E-state index in [1.165, 1.54) is 0 Å². The van der Waals surface area contributed by atoms with Crippen LogP contribution in [0.15, 0.2) is 57.9 Å². The van der Waals surface area contributed by atoms with Gasteiger partial charge >= 0.3 is 5.97 Å². The van der Waals surface area contributed by atoms with Crippen molar-refractivity contribution >= 4 is 16.9 Å². The lowest BCUT2D eigenvalue weighted by atomic mass is 10.0. The van der Waals surface area contributed by atoms with Crippen LogP contribution in [0, 0.1) is 23.1 Å². The van der Waals surface area contributed by atoms with E-state index in [1.54, 1.807) is 7.11 Å². The van der Waals surface area contributed by atoms with Crippen LogP contribution in [-0.4, -0.2) is 28.9 Å². The van der Waals surface area contributed by atoms with Crippen LogP contribution in [0.3, 0.4) is 0 Å². The summed E-state index contributed by atoms with van der Waals surface area (Å²) >= 11 is 0. The van der Waals surface area contributed by atoms with Gasteiger partial charge in [-0.15, -0.1) is 0 Å².